The van der Waals surface area contributed by atoms with Crippen molar-refractivity contribution < 1.29 is 13.2 Å². The van der Waals surface area contributed by atoms with Crippen LogP contribution in [0.15, 0.2) is 59.5 Å². The van der Waals surface area contributed by atoms with Gasteiger partial charge in [-0.25, -0.2) is 8.42 Å². The van der Waals surface area contributed by atoms with Crippen LogP contribution in [-0.4, -0.2) is 14.3 Å². The fourth-order valence-corrected chi connectivity index (χ4v) is 3.65. The smallest absolute Gasteiger partial charge is 0.243 e. The second kappa shape index (κ2) is 6.08. The fraction of sp³-hybridized carbons (Fsp3) is 0.133. The van der Waals surface area contributed by atoms with Gasteiger partial charge in [-0.3, -0.25) is 4.79 Å². The van der Waals surface area contributed by atoms with Crippen molar-refractivity contribution in [3.05, 3.63) is 65.2 Å². The number of carbonyl (C=O) groups is 1. The molecule has 1 amide bonds. The van der Waals surface area contributed by atoms with E-state index < -0.39 is 21.5 Å². The Bertz CT molecular complexity index is 793. The molecular weight excluding hydrogens is 324 g/mol. The SMILES string of the molecule is CC(NS(=O)(=O)c1cccc(Cl)c1)(C(N)=O)c1ccccc1. The maximum absolute atomic E-state index is 12.5. The summed E-state index contributed by atoms with van der Waals surface area (Å²) in [5, 5.41) is 0.281. The minimum absolute atomic E-state index is 0.0385. The van der Waals surface area contributed by atoms with Crippen LogP contribution in [0.4, 0.5) is 0 Å². The van der Waals surface area contributed by atoms with Crippen molar-refractivity contribution in [2.24, 2.45) is 5.73 Å². The second-order valence-electron chi connectivity index (χ2n) is 4.92. The molecule has 7 heteroatoms. The quantitative estimate of drug-likeness (QED) is 0.874. The highest BCUT2D eigenvalue weighted by atomic mass is 35.5. The summed E-state index contributed by atoms with van der Waals surface area (Å²) in [6.45, 7) is 1.42. The maximum atomic E-state index is 12.5. The first-order valence-corrected chi connectivity index (χ1v) is 8.27. The van der Waals surface area contributed by atoms with Gasteiger partial charge >= 0.3 is 0 Å². The number of rotatable bonds is 5. The Labute approximate surface area is 134 Å². The molecule has 0 aliphatic heterocycles. The van der Waals surface area contributed by atoms with E-state index in [1.54, 1.807) is 36.4 Å². The van der Waals surface area contributed by atoms with E-state index in [4.69, 9.17) is 17.3 Å². The van der Waals surface area contributed by atoms with Crippen LogP contribution in [-0.2, 0) is 20.4 Å². The largest absolute Gasteiger partial charge is 0.368 e. The first kappa shape index (κ1) is 16.5. The molecule has 1 unspecified atom stereocenters. The molecule has 0 heterocycles. The van der Waals surface area contributed by atoms with Crippen LogP contribution in [0.2, 0.25) is 5.02 Å². The summed E-state index contributed by atoms with van der Waals surface area (Å²) in [4.78, 5) is 11.8. The first-order valence-electron chi connectivity index (χ1n) is 6.41. The number of benzene rings is 2. The molecule has 2 aromatic rings. The third-order valence-corrected chi connectivity index (χ3v) is 5.08. The lowest BCUT2D eigenvalue weighted by atomic mass is 9.93. The van der Waals surface area contributed by atoms with Crippen LogP contribution in [0.1, 0.15) is 12.5 Å². The minimum atomic E-state index is -3.97. The van der Waals surface area contributed by atoms with Crippen LogP contribution in [0.5, 0.6) is 0 Å². The summed E-state index contributed by atoms with van der Waals surface area (Å²) in [7, 11) is -3.97. The monoisotopic (exact) mass is 338 g/mol. The van der Waals surface area contributed by atoms with E-state index >= 15 is 0 Å². The second-order valence-corrected chi connectivity index (χ2v) is 7.04. The molecule has 0 aliphatic rings. The molecule has 1 atom stereocenters. The fourth-order valence-electron chi connectivity index (χ4n) is 1.98. The third kappa shape index (κ3) is 3.30. The van der Waals surface area contributed by atoms with Gasteiger partial charge in [0, 0.05) is 5.02 Å². The van der Waals surface area contributed by atoms with Crippen molar-refractivity contribution in [2.75, 3.05) is 0 Å². The van der Waals surface area contributed by atoms with Gasteiger partial charge in [-0.1, -0.05) is 48.0 Å². The van der Waals surface area contributed by atoms with Gasteiger partial charge < -0.3 is 5.73 Å². The summed E-state index contributed by atoms with van der Waals surface area (Å²) in [6.07, 6.45) is 0. The summed E-state index contributed by atoms with van der Waals surface area (Å²) in [5.74, 6) is -0.802. The van der Waals surface area contributed by atoms with Crippen molar-refractivity contribution in [3.8, 4) is 0 Å². The summed E-state index contributed by atoms with van der Waals surface area (Å²) in [5.41, 5.74) is 4.31. The Kier molecular flexibility index (Phi) is 4.55. The van der Waals surface area contributed by atoms with E-state index in [0.717, 1.165) is 0 Å². The molecular formula is C15H15ClN2O3S. The normalized spacial score (nSPS) is 14.3. The minimum Gasteiger partial charge on any atom is -0.368 e. The zero-order valence-corrected chi connectivity index (χ0v) is 13.4. The molecule has 5 nitrogen and oxygen atoms in total. The average molecular weight is 339 g/mol. The Morgan fingerprint density at radius 3 is 2.32 bits per heavy atom. The van der Waals surface area contributed by atoms with Crippen molar-refractivity contribution in [3.63, 3.8) is 0 Å². The Hall–Kier alpha value is -1.89. The molecule has 116 valence electrons. The van der Waals surface area contributed by atoms with Crippen LogP contribution >= 0.6 is 11.6 Å². The lowest BCUT2D eigenvalue weighted by molar-refractivity contribution is -0.123. The number of halogens is 1. The van der Waals surface area contributed by atoms with E-state index in [1.165, 1.54) is 25.1 Å². The molecule has 0 aliphatic carbocycles. The predicted octanol–water partition coefficient (Wildman–Crippen LogP) is 2.02. The van der Waals surface area contributed by atoms with Crippen LogP contribution in [0, 0.1) is 0 Å². The van der Waals surface area contributed by atoms with Crippen LogP contribution < -0.4 is 10.5 Å². The van der Waals surface area contributed by atoms with Gasteiger partial charge in [-0.2, -0.15) is 4.72 Å². The van der Waals surface area contributed by atoms with E-state index in [0.29, 0.717) is 5.56 Å². The number of nitrogens with one attached hydrogen (secondary N) is 1. The van der Waals surface area contributed by atoms with Gasteiger partial charge in [0.2, 0.25) is 15.9 Å². The lowest BCUT2D eigenvalue weighted by Crippen LogP contribution is -2.52. The summed E-state index contributed by atoms with van der Waals surface area (Å²) < 4.78 is 27.4. The highest BCUT2D eigenvalue weighted by Crippen LogP contribution is 2.24. The van der Waals surface area contributed by atoms with Crippen molar-refractivity contribution in [1.29, 1.82) is 0 Å². The summed E-state index contributed by atoms with van der Waals surface area (Å²) >= 11 is 5.82. The first-order chi connectivity index (χ1) is 10.3. The topological polar surface area (TPSA) is 89.3 Å². The third-order valence-electron chi connectivity index (χ3n) is 3.29. The van der Waals surface area contributed by atoms with E-state index in [-0.39, 0.29) is 9.92 Å². The highest BCUT2D eigenvalue weighted by molar-refractivity contribution is 7.89. The number of nitrogens with two attached hydrogens (primary N) is 1. The molecule has 2 aromatic carbocycles. The van der Waals surface area contributed by atoms with Gasteiger partial charge in [-0.15, -0.1) is 0 Å². The van der Waals surface area contributed by atoms with Gasteiger partial charge in [0.05, 0.1) is 4.90 Å². The Morgan fingerprint density at radius 2 is 1.77 bits per heavy atom. The number of hydrogen-bond donors (Lipinski definition) is 2. The molecule has 0 bridgehead atoms. The number of sulfonamides is 1. The van der Waals surface area contributed by atoms with E-state index in [9.17, 15) is 13.2 Å². The molecule has 0 saturated carbocycles. The van der Waals surface area contributed by atoms with Crippen molar-refractivity contribution in [2.45, 2.75) is 17.4 Å². The average Bonchev–Trinajstić information content (AvgIpc) is 2.47. The van der Waals surface area contributed by atoms with Gasteiger partial charge in [0.1, 0.15) is 5.54 Å². The van der Waals surface area contributed by atoms with Crippen molar-refractivity contribution >= 4 is 27.5 Å². The van der Waals surface area contributed by atoms with E-state index in [1.807, 2.05) is 0 Å². The number of carbonyl (C=O) groups excluding carboxylic acids is 1. The van der Waals surface area contributed by atoms with E-state index in [2.05, 4.69) is 4.72 Å². The Morgan fingerprint density at radius 1 is 1.14 bits per heavy atom. The molecule has 0 aromatic heterocycles. The molecule has 0 spiro atoms. The summed E-state index contributed by atoms with van der Waals surface area (Å²) in [6, 6.07) is 14.2. The zero-order valence-electron chi connectivity index (χ0n) is 11.8. The highest BCUT2D eigenvalue weighted by Gasteiger charge is 2.37. The zero-order chi connectivity index (χ0) is 16.4. The van der Waals surface area contributed by atoms with Gasteiger partial charge in [0.25, 0.3) is 0 Å². The van der Waals surface area contributed by atoms with Crippen LogP contribution in [0.3, 0.4) is 0 Å². The molecule has 0 saturated heterocycles. The predicted molar refractivity (Wildman–Crippen MR) is 84.8 cm³/mol. The van der Waals surface area contributed by atoms with Gasteiger partial charge in [-0.05, 0) is 30.7 Å². The number of primary amides is 1. The molecule has 2 rings (SSSR count). The number of amides is 1. The van der Waals surface area contributed by atoms with Crippen molar-refractivity contribution in [1.82, 2.24) is 4.72 Å². The molecule has 22 heavy (non-hydrogen) atoms. The van der Waals surface area contributed by atoms with Gasteiger partial charge in [0.15, 0.2) is 0 Å². The molecule has 0 fully saturated rings. The maximum Gasteiger partial charge on any atom is 0.243 e. The molecule has 0 radical (unpaired) electrons. The van der Waals surface area contributed by atoms with Crippen LogP contribution in [0.25, 0.3) is 0 Å². The standard InChI is InChI=1S/C15H15ClN2O3S/c1-15(14(17)19,11-6-3-2-4-7-11)18-22(20,21)13-9-5-8-12(16)10-13/h2-10,18H,1H3,(H2,17,19). The lowest BCUT2D eigenvalue weighted by Gasteiger charge is -2.27. The number of hydrogen-bond acceptors (Lipinski definition) is 3. The molecule has 3 N–H and O–H groups in total. The Balaban J connectivity index is 2.47.